The highest BCUT2D eigenvalue weighted by atomic mass is 32.2. The lowest BCUT2D eigenvalue weighted by Gasteiger charge is -2.07. The van der Waals surface area contributed by atoms with Crippen LogP contribution in [0.3, 0.4) is 0 Å². The van der Waals surface area contributed by atoms with E-state index in [1.807, 2.05) is 25.1 Å². The van der Waals surface area contributed by atoms with Crippen molar-refractivity contribution in [3.05, 3.63) is 52.2 Å². The molecule has 4 nitrogen and oxygen atoms in total. The van der Waals surface area contributed by atoms with Crippen LogP contribution in [0.5, 0.6) is 0 Å². The smallest absolute Gasteiger partial charge is 0.254 e. The Labute approximate surface area is 110 Å². The molecule has 0 aliphatic heterocycles. The summed E-state index contributed by atoms with van der Waals surface area (Å²) >= 11 is 1.53. The normalized spacial score (nSPS) is 10.6. The van der Waals surface area contributed by atoms with Crippen LogP contribution in [0.15, 0.2) is 40.4 Å². The molecule has 2 heterocycles. The van der Waals surface area contributed by atoms with Crippen molar-refractivity contribution in [3.8, 4) is 0 Å². The first-order chi connectivity index (χ1) is 8.70. The molecule has 0 spiro atoms. The van der Waals surface area contributed by atoms with Gasteiger partial charge in [0.25, 0.3) is 5.56 Å². The van der Waals surface area contributed by atoms with Crippen LogP contribution in [0.4, 0.5) is 0 Å². The van der Waals surface area contributed by atoms with Crippen LogP contribution >= 0.6 is 11.8 Å². The van der Waals surface area contributed by atoms with Crippen LogP contribution in [0, 0.1) is 0 Å². The lowest BCUT2D eigenvalue weighted by atomic mass is 10.3. The molecular weight excluding hydrogens is 246 g/mol. The fourth-order valence-corrected chi connectivity index (χ4v) is 2.41. The Morgan fingerprint density at radius 2 is 2.17 bits per heavy atom. The van der Waals surface area contributed by atoms with Gasteiger partial charge in [-0.3, -0.25) is 14.3 Å². The molecule has 0 aliphatic carbocycles. The van der Waals surface area contributed by atoms with Crippen LogP contribution in [0.25, 0.3) is 0 Å². The predicted octanol–water partition coefficient (Wildman–Crippen LogP) is 2.03. The largest absolute Gasteiger partial charge is 0.291 e. The highest BCUT2D eigenvalue weighted by Crippen LogP contribution is 2.18. The van der Waals surface area contributed by atoms with Crippen LogP contribution in [-0.2, 0) is 19.2 Å². The molecule has 94 valence electrons. The number of rotatable bonds is 4. The van der Waals surface area contributed by atoms with Crippen molar-refractivity contribution in [2.24, 2.45) is 7.05 Å². The van der Waals surface area contributed by atoms with Crippen molar-refractivity contribution in [1.29, 1.82) is 0 Å². The number of aromatic nitrogens is 3. The van der Waals surface area contributed by atoms with Crippen molar-refractivity contribution in [3.63, 3.8) is 0 Å². The summed E-state index contributed by atoms with van der Waals surface area (Å²) in [6.45, 7) is 2.00. The third kappa shape index (κ3) is 2.98. The van der Waals surface area contributed by atoms with Crippen molar-refractivity contribution < 1.29 is 0 Å². The maximum atomic E-state index is 11.7. The van der Waals surface area contributed by atoms with Crippen molar-refractivity contribution in [2.75, 3.05) is 0 Å². The molecule has 0 atom stereocenters. The second kappa shape index (κ2) is 5.82. The predicted molar refractivity (Wildman–Crippen MR) is 72.7 cm³/mol. The summed E-state index contributed by atoms with van der Waals surface area (Å²) in [5, 5.41) is 0.741. The van der Waals surface area contributed by atoms with Crippen molar-refractivity contribution in [1.82, 2.24) is 14.5 Å². The lowest BCUT2D eigenvalue weighted by Crippen LogP contribution is -2.20. The maximum Gasteiger partial charge on any atom is 0.254 e. The topological polar surface area (TPSA) is 47.8 Å². The molecule has 18 heavy (non-hydrogen) atoms. The Kier molecular flexibility index (Phi) is 4.15. The van der Waals surface area contributed by atoms with E-state index in [0.29, 0.717) is 5.75 Å². The first kappa shape index (κ1) is 12.8. The van der Waals surface area contributed by atoms with Gasteiger partial charge in [0.15, 0.2) is 5.16 Å². The van der Waals surface area contributed by atoms with Crippen LogP contribution < -0.4 is 5.56 Å². The van der Waals surface area contributed by atoms with Gasteiger partial charge in [0.2, 0.25) is 0 Å². The molecule has 2 aromatic heterocycles. The Balaban J connectivity index is 2.19. The SMILES string of the molecule is CCc1cc(=O)n(C)c(SCc2ccccn2)n1. The summed E-state index contributed by atoms with van der Waals surface area (Å²) in [6.07, 6.45) is 2.54. The molecule has 0 aromatic carbocycles. The van der Waals surface area contributed by atoms with E-state index in [1.54, 1.807) is 23.9 Å². The quantitative estimate of drug-likeness (QED) is 0.624. The number of hydrogen-bond acceptors (Lipinski definition) is 4. The number of thioether (sulfide) groups is 1. The van der Waals surface area contributed by atoms with Gasteiger partial charge in [-0.05, 0) is 18.6 Å². The second-order valence-corrected chi connectivity index (χ2v) is 4.83. The third-order valence-corrected chi connectivity index (χ3v) is 3.65. The van der Waals surface area contributed by atoms with Crippen LogP contribution in [-0.4, -0.2) is 14.5 Å². The molecule has 0 saturated carbocycles. The van der Waals surface area contributed by atoms with Crippen LogP contribution in [0.2, 0.25) is 0 Å². The van der Waals surface area contributed by atoms with Gasteiger partial charge < -0.3 is 0 Å². The molecule has 0 bridgehead atoms. The molecule has 0 amide bonds. The number of hydrogen-bond donors (Lipinski definition) is 0. The summed E-state index contributed by atoms with van der Waals surface area (Å²) in [6, 6.07) is 7.40. The summed E-state index contributed by atoms with van der Waals surface area (Å²) in [7, 11) is 1.75. The molecule has 0 N–H and O–H groups in total. The summed E-state index contributed by atoms with van der Waals surface area (Å²) in [4.78, 5) is 20.4. The Hall–Kier alpha value is -1.62. The number of aryl methyl sites for hydroxylation is 1. The molecule has 2 rings (SSSR count). The van der Waals surface area contributed by atoms with Gasteiger partial charge in [0.1, 0.15) is 0 Å². The fourth-order valence-electron chi connectivity index (χ4n) is 1.50. The highest BCUT2D eigenvalue weighted by molar-refractivity contribution is 7.98. The van der Waals surface area contributed by atoms with E-state index in [0.717, 1.165) is 23.0 Å². The van der Waals surface area contributed by atoms with E-state index in [-0.39, 0.29) is 5.56 Å². The zero-order valence-electron chi connectivity index (χ0n) is 10.5. The summed E-state index contributed by atoms with van der Waals surface area (Å²) in [5.41, 5.74) is 1.81. The molecule has 0 unspecified atom stereocenters. The number of pyridine rings is 1. The monoisotopic (exact) mass is 261 g/mol. The minimum absolute atomic E-state index is 0.00892. The van der Waals surface area contributed by atoms with Crippen molar-refractivity contribution >= 4 is 11.8 Å². The minimum Gasteiger partial charge on any atom is -0.291 e. The Morgan fingerprint density at radius 1 is 1.33 bits per heavy atom. The van der Waals surface area contributed by atoms with Gasteiger partial charge in [-0.1, -0.05) is 24.8 Å². The van der Waals surface area contributed by atoms with E-state index in [1.165, 1.54) is 11.8 Å². The molecule has 0 fully saturated rings. The minimum atomic E-state index is -0.00892. The van der Waals surface area contributed by atoms with Gasteiger partial charge in [0, 0.05) is 30.8 Å². The summed E-state index contributed by atoms with van der Waals surface area (Å²) < 4.78 is 1.58. The van der Waals surface area contributed by atoms with Crippen LogP contribution in [0.1, 0.15) is 18.3 Å². The molecule has 5 heteroatoms. The zero-order chi connectivity index (χ0) is 13.0. The molecular formula is C13H15N3OS. The number of nitrogens with zero attached hydrogens (tertiary/aromatic N) is 3. The van der Waals surface area contributed by atoms with E-state index in [9.17, 15) is 4.79 Å². The second-order valence-electron chi connectivity index (χ2n) is 3.89. The van der Waals surface area contributed by atoms with Gasteiger partial charge in [-0.25, -0.2) is 4.98 Å². The van der Waals surface area contributed by atoms with E-state index in [2.05, 4.69) is 9.97 Å². The third-order valence-electron chi connectivity index (χ3n) is 2.58. The van der Waals surface area contributed by atoms with E-state index in [4.69, 9.17) is 0 Å². The first-order valence-electron chi connectivity index (χ1n) is 5.80. The maximum absolute atomic E-state index is 11.7. The molecule has 0 saturated heterocycles. The van der Waals surface area contributed by atoms with Gasteiger partial charge in [0.05, 0.1) is 5.69 Å². The molecule has 0 radical (unpaired) electrons. The zero-order valence-corrected chi connectivity index (χ0v) is 11.3. The average molecular weight is 261 g/mol. The molecule has 0 aliphatic rings. The first-order valence-corrected chi connectivity index (χ1v) is 6.79. The van der Waals surface area contributed by atoms with Crippen molar-refractivity contribution in [2.45, 2.75) is 24.3 Å². The highest BCUT2D eigenvalue weighted by Gasteiger charge is 2.06. The lowest BCUT2D eigenvalue weighted by molar-refractivity contribution is 0.690. The van der Waals surface area contributed by atoms with E-state index < -0.39 is 0 Å². The van der Waals surface area contributed by atoms with Gasteiger partial charge in [-0.15, -0.1) is 0 Å². The molecule has 2 aromatic rings. The van der Waals surface area contributed by atoms with E-state index >= 15 is 0 Å². The van der Waals surface area contributed by atoms with Gasteiger partial charge >= 0.3 is 0 Å². The average Bonchev–Trinajstić information content (AvgIpc) is 2.41. The standard InChI is InChI=1S/C13H15N3OS/c1-3-10-8-12(17)16(2)13(15-10)18-9-11-6-4-5-7-14-11/h4-8H,3,9H2,1-2H3. The Bertz CT molecular complexity index is 581. The summed E-state index contributed by atoms with van der Waals surface area (Å²) in [5.74, 6) is 0.717. The Morgan fingerprint density at radius 3 is 2.83 bits per heavy atom. The fraction of sp³-hybridized carbons (Fsp3) is 0.308. The van der Waals surface area contributed by atoms with Gasteiger partial charge in [-0.2, -0.15) is 0 Å².